The van der Waals surface area contributed by atoms with E-state index in [-0.39, 0.29) is 12.5 Å². The summed E-state index contributed by atoms with van der Waals surface area (Å²) in [6.45, 7) is 6.67. The maximum absolute atomic E-state index is 11.0. The molecule has 0 unspecified atom stereocenters. The van der Waals surface area contributed by atoms with Gasteiger partial charge in [-0.05, 0) is 6.92 Å². The van der Waals surface area contributed by atoms with Gasteiger partial charge in [-0.25, -0.2) is 9.97 Å². The molecule has 0 aliphatic heterocycles. The fraction of sp³-hybridized carbons (Fsp3) is 0.545. The van der Waals surface area contributed by atoms with Crippen molar-refractivity contribution < 1.29 is 4.79 Å². The van der Waals surface area contributed by atoms with Crippen LogP contribution in [0.1, 0.15) is 32.5 Å². The minimum Gasteiger partial charge on any atom is -0.384 e. The van der Waals surface area contributed by atoms with Crippen molar-refractivity contribution in [1.29, 1.82) is 0 Å². The number of hydrogen-bond acceptors (Lipinski definition) is 5. The zero-order valence-electron chi connectivity index (χ0n) is 10.5. The van der Waals surface area contributed by atoms with Crippen LogP contribution in [-0.4, -0.2) is 29.0 Å². The van der Waals surface area contributed by atoms with Gasteiger partial charge in [0.05, 0.1) is 6.54 Å². The molecule has 0 fully saturated rings. The third kappa shape index (κ3) is 3.58. The summed E-state index contributed by atoms with van der Waals surface area (Å²) >= 11 is 0. The van der Waals surface area contributed by atoms with Crippen molar-refractivity contribution in [2.45, 2.75) is 26.7 Å². The Labute approximate surface area is 101 Å². The first kappa shape index (κ1) is 13.2. The second kappa shape index (κ2) is 5.47. The molecule has 1 rings (SSSR count). The highest BCUT2D eigenvalue weighted by molar-refractivity contribution is 5.79. The van der Waals surface area contributed by atoms with Crippen molar-refractivity contribution in [2.75, 3.05) is 23.7 Å². The number of anilines is 2. The molecule has 1 aromatic rings. The van der Waals surface area contributed by atoms with Gasteiger partial charge in [0.2, 0.25) is 5.91 Å². The lowest BCUT2D eigenvalue weighted by Gasteiger charge is -2.21. The Kier molecular flexibility index (Phi) is 4.25. The third-order valence-electron chi connectivity index (χ3n) is 2.32. The van der Waals surface area contributed by atoms with Gasteiger partial charge in [0.25, 0.3) is 0 Å². The molecule has 0 atom stereocenters. The second-order valence-corrected chi connectivity index (χ2v) is 4.14. The summed E-state index contributed by atoms with van der Waals surface area (Å²) in [5, 5.41) is 0. The van der Waals surface area contributed by atoms with Gasteiger partial charge < -0.3 is 16.4 Å². The van der Waals surface area contributed by atoms with E-state index in [0.29, 0.717) is 24.0 Å². The summed E-state index contributed by atoms with van der Waals surface area (Å²) in [6.07, 6.45) is 0. The number of rotatable bonds is 5. The molecule has 0 bridgehead atoms. The van der Waals surface area contributed by atoms with Gasteiger partial charge in [-0.1, -0.05) is 13.8 Å². The minimum atomic E-state index is -0.393. The van der Waals surface area contributed by atoms with Crippen LogP contribution in [0.25, 0.3) is 0 Å². The molecule has 4 N–H and O–H groups in total. The Morgan fingerprint density at radius 2 is 2.12 bits per heavy atom. The first-order valence-electron chi connectivity index (χ1n) is 5.61. The fourth-order valence-electron chi connectivity index (χ4n) is 1.43. The first-order chi connectivity index (χ1) is 7.93. The number of nitrogens with zero attached hydrogens (tertiary/aromatic N) is 3. The van der Waals surface area contributed by atoms with Crippen LogP contribution >= 0.6 is 0 Å². The Morgan fingerprint density at radius 1 is 1.47 bits per heavy atom. The standard InChI is InChI=1S/C11H19N5O/c1-4-16(6-9(13)17)10-5-8(12)14-11(15-10)7(2)3/h5,7H,4,6H2,1-3H3,(H2,13,17)(H2,12,14,15). The van der Waals surface area contributed by atoms with Crippen LogP contribution in [0.2, 0.25) is 0 Å². The molecule has 6 nitrogen and oxygen atoms in total. The molecular formula is C11H19N5O. The molecular weight excluding hydrogens is 218 g/mol. The number of primary amides is 1. The number of likely N-dealkylation sites (N-methyl/N-ethyl adjacent to an activating group) is 1. The predicted octanol–water partition coefficient (Wildman–Crippen LogP) is 0.494. The number of carbonyl (C=O) groups excluding carboxylic acids is 1. The molecule has 1 amide bonds. The van der Waals surface area contributed by atoms with Crippen LogP contribution in [0.15, 0.2) is 6.07 Å². The molecule has 0 saturated heterocycles. The van der Waals surface area contributed by atoms with E-state index in [4.69, 9.17) is 11.5 Å². The van der Waals surface area contributed by atoms with Gasteiger partial charge >= 0.3 is 0 Å². The maximum Gasteiger partial charge on any atom is 0.236 e. The first-order valence-corrected chi connectivity index (χ1v) is 5.61. The van der Waals surface area contributed by atoms with E-state index in [9.17, 15) is 4.79 Å². The van der Waals surface area contributed by atoms with Gasteiger partial charge in [-0.15, -0.1) is 0 Å². The van der Waals surface area contributed by atoms with E-state index < -0.39 is 5.91 Å². The van der Waals surface area contributed by atoms with Crippen molar-refractivity contribution >= 4 is 17.5 Å². The topological polar surface area (TPSA) is 98.1 Å². The molecule has 6 heteroatoms. The van der Waals surface area contributed by atoms with Crippen LogP contribution in [0.4, 0.5) is 11.6 Å². The van der Waals surface area contributed by atoms with E-state index in [0.717, 1.165) is 0 Å². The van der Waals surface area contributed by atoms with Crippen molar-refractivity contribution in [3.05, 3.63) is 11.9 Å². The van der Waals surface area contributed by atoms with E-state index >= 15 is 0 Å². The zero-order chi connectivity index (χ0) is 13.0. The average Bonchev–Trinajstić information content (AvgIpc) is 2.24. The molecule has 0 saturated carbocycles. The molecule has 94 valence electrons. The van der Waals surface area contributed by atoms with Gasteiger partial charge in [-0.2, -0.15) is 0 Å². The molecule has 0 aliphatic rings. The number of aromatic nitrogens is 2. The van der Waals surface area contributed by atoms with Crippen LogP contribution in [0, 0.1) is 0 Å². The summed E-state index contributed by atoms with van der Waals surface area (Å²) in [5.41, 5.74) is 10.9. The van der Waals surface area contributed by atoms with E-state index in [2.05, 4.69) is 9.97 Å². The summed E-state index contributed by atoms with van der Waals surface area (Å²) in [6, 6.07) is 1.65. The summed E-state index contributed by atoms with van der Waals surface area (Å²) in [5.74, 6) is 1.51. The highest BCUT2D eigenvalue weighted by atomic mass is 16.1. The average molecular weight is 237 g/mol. The highest BCUT2D eigenvalue weighted by Gasteiger charge is 2.12. The zero-order valence-corrected chi connectivity index (χ0v) is 10.5. The van der Waals surface area contributed by atoms with Crippen molar-refractivity contribution in [3.8, 4) is 0 Å². The fourth-order valence-corrected chi connectivity index (χ4v) is 1.43. The number of amides is 1. The molecule has 0 radical (unpaired) electrons. The number of nitrogen functional groups attached to an aromatic ring is 1. The summed E-state index contributed by atoms with van der Waals surface area (Å²) in [4.78, 5) is 21.3. The molecule has 0 aliphatic carbocycles. The van der Waals surface area contributed by atoms with Crippen LogP contribution in [0.3, 0.4) is 0 Å². The molecule has 17 heavy (non-hydrogen) atoms. The van der Waals surface area contributed by atoms with Gasteiger partial charge in [-0.3, -0.25) is 4.79 Å². The Bertz CT molecular complexity index is 405. The lowest BCUT2D eigenvalue weighted by Crippen LogP contribution is -2.34. The number of nitrogens with two attached hydrogens (primary N) is 2. The third-order valence-corrected chi connectivity index (χ3v) is 2.32. The predicted molar refractivity (Wildman–Crippen MR) is 67.6 cm³/mol. The Hall–Kier alpha value is -1.85. The largest absolute Gasteiger partial charge is 0.384 e. The number of hydrogen-bond donors (Lipinski definition) is 2. The summed E-state index contributed by atoms with van der Waals surface area (Å²) < 4.78 is 0. The van der Waals surface area contributed by atoms with E-state index in [1.165, 1.54) is 0 Å². The highest BCUT2D eigenvalue weighted by Crippen LogP contribution is 2.18. The molecule has 0 spiro atoms. The van der Waals surface area contributed by atoms with E-state index in [1.54, 1.807) is 11.0 Å². The van der Waals surface area contributed by atoms with E-state index in [1.807, 2.05) is 20.8 Å². The Balaban J connectivity index is 3.06. The van der Waals surface area contributed by atoms with Gasteiger partial charge in [0.15, 0.2) is 0 Å². The smallest absolute Gasteiger partial charge is 0.236 e. The summed E-state index contributed by atoms with van der Waals surface area (Å²) in [7, 11) is 0. The van der Waals surface area contributed by atoms with Crippen molar-refractivity contribution in [3.63, 3.8) is 0 Å². The second-order valence-electron chi connectivity index (χ2n) is 4.14. The lowest BCUT2D eigenvalue weighted by atomic mass is 10.2. The van der Waals surface area contributed by atoms with Gasteiger partial charge in [0, 0.05) is 18.5 Å². The van der Waals surface area contributed by atoms with Crippen LogP contribution < -0.4 is 16.4 Å². The van der Waals surface area contributed by atoms with Crippen LogP contribution in [-0.2, 0) is 4.79 Å². The minimum absolute atomic E-state index is 0.129. The van der Waals surface area contributed by atoms with Crippen LogP contribution in [0.5, 0.6) is 0 Å². The normalized spacial score (nSPS) is 10.6. The lowest BCUT2D eigenvalue weighted by molar-refractivity contribution is -0.116. The molecule has 1 heterocycles. The quantitative estimate of drug-likeness (QED) is 0.776. The van der Waals surface area contributed by atoms with Crippen molar-refractivity contribution in [1.82, 2.24) is 9.97 Å². The monoisotopic (exact) mass is 237 g/mol. The Morgan fingerprint density at radius 3 is 2.59 bits per heavy atom. The molecule has 0 aromatic carbocycles. The maximum atomic E-state index is 11.0. The van der Waals surface area contributed by atoms with Gasteiger partial charge in [0.1, 0.15) is 17.5 Å². The van der Waals surface area contributed by atoms with Crippen molar-refractivity contribution in [2.24, 2.45) is 5.73 Å². The number of carbonyl (C=O) groups is 1. The SMILES string of the molecule is CCN(CC(N)=O)c1cc(N)nc(C(C)C)n1. The molecule has 1 aromatic heterocycles.